The molecule has 0 saturated carbocycles. The fourth-order valence-corrected chi connectivity index (χ4v) is 7.60. The molecule has 0 N–H and O–H groups in total. The van der Waals surface area contributed by atoms with Crippen molar-refractivity contribution < 1.29 is 0 Å². The van der Waals surface area contributed by atoms with E-state index in [0.717, 1.165) is 50.3 Å². The molecule has 0 unspecified atom stereocenters. The van der Waals surface area contributed by atoms with E-state index >= 15 is 0 Å². The number of benzene rings is 6. The monoisotopic (exact) mass is 670 g/mol. The molecule has 0 bridgehead atoms. The SMILES string of the molecule is C1=C\c2ccc(-c3nc(-c4ccccc4)cc(-c4cnc(-c5ccccc5)nc4)n3)cc2-c2ccccc2Sc2ccccc2-c2ccccc2/1. The number of aromatic nitrogens is 4. The highest BCUT2D eigenvalue weighted by Gasteiger charge is 2.18. The van der Waals surface area contributed by atoms with Crippen molar-refractivity contribution in [3.05, 3.63) is 181 Å². The first-order valence-electron chi connectivity index (χ1n) is 16.9. The third-order valence-corrected chi connectivity index (χ3v) is 10.2. The average Bonchev–Trinajstić information content (AvgIpc) is 3.23. The van der Waals surface area contributed by atoms with Crippen molar-refractivity contribution in [1.29, 1.82) is 0 Å². The molecule has 5 heteroatoms. The highest BCUT2D eigenvalue weighted by Crippen LogP contribution is 2.44. The minimum Gasteiger partial charge on any atom is -0.236 e. The summed E-state index contributed by atoms with van der Waals surface area (Å²) in [4.78, 5) is 22.1. The predicted octanol–water partition coefficient (Wildman–Crippen LogP) is 11.9. The van der Waals surface area contributed by atoms with Crippen LogP contribution in [0.5, 0.6) is 0 Å². The number of hydrogen-bond acceptors (Lipinski definition) is 5. The van der Waals surface area contributed by atoms with Crippen molar-refractivity contribution in [3.8, 4) is 67.5 Å². The molecule has 4 nitrogen and oxygen atoms in total. The molecule has 0 atom stereocenters. The van der Waals surface area contributed by atoms with Crippen LogP contribution < -0.4 is 0 Å². The molecule has 1 aliphatic rings. The standard InChI is InChI=1S/C46H30N4S/c1-3-14-33(15-4-1)41-28-42(36-29-47-45(48-30-36)34-16-5-2-6-17-34)50-46(49-41)35-26-25-32-24-23-31-13-7-8-18-37(31)38-19-9-11-21-43(38)51-44-22-12-10-20-39(44)40(32)27-35/h1-30H/b24-23-. The van der Waals surface area contributed by atoms with E-state index < -0.39 is 0 Å². The van der Waals surface area contributed by atoms with E-state index in [4.69, 9.17) is 19.9 Å². The Morgan fingerprint density at radius 3 is 1.57 bits per heavy atom. The number of hydrogen-bond donors (Lipinski definition) is 0. The lowest BCUT2D eigenvalue weighted by molar-refractivity contribution is 1.14. The van der Waals surface area contributed by atoms with Gasteiger partial charge in [0.2, 0.25) is 0 Å². The summed E-state index contributed by atoms with van der Waals surface area (Å²) < 4.78 is 0. The molecule has 3 heterocycles. The van der Waals surface area contributed by atoms with E-state index in [1.807, 2.05) is 67.0 Å². The summed E-state index contributed by atoms with van der Waals surface area (Å²) in [6, 6.07) is 54.8. The van der Waals surface area contributed by atoms with Gasteiger partial charge < -0.3 is 0 Å². The summed E-state index contributed by atoms with van der Waals surface area (Å²) in [5.41, 5.74) is 12.4. The summed E-state index contributed by atoms with van der Waals surface area (Å²) in [6.45, 7) is 0. The summed E-state index contributed by atoms with van der Waals surface area (Å²) >= 11 is 1.80. The Bertz CT molecular complexity index is 2550. The van der Waals surface area contributed by atoms with Crippen LogP contribution in [0.25, 0.3) is 79.7 Å². The molecule has 2 aromatic heterocycles. The highest BCUT2D eigenvalue weighted by atomic mass is 32.2. The van der Waals surface area contributed by atoms with Crippen molar-refractivity contribution in [2.24, 2.45) is 0 Å². The van der Waals surface area contributed by atoms with Gasteiger partial charge in [-0.2, -0.15) is 0 Å². The van der Waals surface area contributed by atoms with Gasteiger partial charge in [-0.15, -0.1) is 0 Å². The third-order valence-electron chi connectivity index (χ3n) is 9.06. The normalized spacial score (nSPS) is 12.4. The third kappa shape index (κ3) is 6.16. The molecule has 6 aromatic carbocycles. The van der Waals surface area contributed by atoms with Crippen LogP contribution in [0, 0.1) is 0 Å². The maximum atomic E-state index is 5.14. The van der Waals surface area contributed by atoms with E-state index in [1.54, 1.807) is 11.8 Å². The maximum absolute atomic E-state index is 5.14. The lowest BCUT2D eigenvalue weighted by Crippen LogP contribution is -1.98. The minimum atomic E-state index is 0.639. The van der Waals surface area contributed by atoms with E-state index in [-0.39, 0.29) is 0 Å². The Morgan fingerprint density at radius 1 is 0.353 bits per heavy atom. The van der Waals surface area contributed by atoms with Crippen LogP contribution in [0.3, 0.4) is 0 Å². The zero-order chi connectivity index (χ0) is 34.0. The molecule has 0 aliphatic carbocycles. The number of nitrogens with zero attached hydrogens (tertiary/aromatic N) is 4. The van der Waals surface area contributed by atoms with Crippen molar-refractivity contribution >= 4 is 23.9 Å². The van der Waals surface area contributed by atoms with Gasteiger partial charge in [0, 0.05) is 44.4 Å². The predicted molar refractivity (Wildman–Crippen MR) is 210 cm³/mol. The van der Waals surface area contributed by atoms with Gasteiger partial charge in [0.25, 0.3) is 0 Å². The Morgan fingerprint density at radius 2 is 0.882 bits per heavy atom. The second-order valence-electron chi connectivity index (χ2n) is 12.3. The first kappa shape index (κ1) is 30.6. The summed E-state index contributed by atoms with van der Waals surface area (Å²) in [6.07, 6.45) is 8.15. The Kier molecular flexibility index (Phi) is 8.08. The van der Waals surface area contributed by atoms with Gasteiger partial charge in [-0.25, -0.2) is 19.9 Å². The van der Waals surface area contributed by atoms with Gasteiger partial charge in [0.1, 0.15) is 0 Å². The largest absolute Gasteiger partial charge is 0.236 e. The molecule has 0 amide bonds. The zero-order valence-electron chi connectivity index (χ0n) is 27.5. The van der Waals surface area contributed by atoms with Gasteiger partial charge in [-0.3, -0.25) is 0 Å². The molecule has 0 fully saturated rings. The van der Waals surface area contributed by atoms with Crippen LogP contribution in [0.15, 0.2) is 180 Å². The van der Waals surface area contributed by atoms with Crippen LogP contribution in [0.2, 0.25) is 0 Å². The second kappa shape index (κ2) is 13.5. The number of rotatable bonds is 4. The van der Waals surface area contributed by atoms with Gasteiger partial charge >= 0.3 is 0 Å². The molecular weight excluding hydrogens is 641 g/mol. The van der Waals surface area contributed by atoms with Crippen LogP contribution in [0.4, 0.5) is 0 Å². The lowest BCUT2D eigenvalue weighted by atomic mass is 9.95. The van der Waals surface area contributed by atoms with E-state index in [9.17, 15) is 0 Å². The topological polar surface area (TPSA) is 51.6 Å². The Hall–Kier alpha value is -6.43. The van der Waals surface area contributed by atoms with Gasteiger partial charge in [-0.1, -0.05) is 157 Å². The van der Waals surface area contributed by atoms with E-state index in [2.05, 4.69) is 115 Å². The van der Waals surface area contributed by atoms with E-state index in [1.165, 1.54) is 26.5 Å². The Balaban J connectivity index is 1.21. The summed E-state index contributed by atoms with van der Waals surface area (Å²) in [7, 11) is 0. The van der Waals surface area contributed by atoms with Crippen LogP contribution in [-0.4, -0.2) is 19.9 Å². The van der Waals surface area contributed by atoms with E-state index in [0.29, 0.717) is 11.6 Å². The van der Waals surface area contributed by atoms with Crippen molar-refractivity contribution in [2.45, 2.75) is 9.79 Å². The van der Waals surface area contributed by atoms with Crippen molar-refractivity contribution in [3.63, 3.8) is 0 Å². The quantitative estimate of drug-likeness (QED) is 0.186. The first-order chi connectivity index (χ1) is 25.3. The molecule has 0 radical (unpaired) electrons. The van der Waals surface area contributed by atoms with Crippen LogP contribution in [0.1, 0.15) is 11.1 Å². The number of fused-ring (bicyclic) bond motifs is 6. The fraction of sp³-hybridized carbons (Fsp3) is 0. The smallest absolute Gasteiger partial charge is 0.160 e. The van der Waals surface area contributed by atoms with Gasteiger partial charge in [0.05, 0.1) is 11.4 Å². The zero-order valence-corrected chi connectivity index (χ0v) is 28.3. The molecule has 0 spiro atoms. The molecule has 9 rings (SSSR count). The maximum Gasteiger partial charge on any atom is 0.160 e. The molecule has 0 saturated heterocycles. The average molecular weight is 671 g/mol. The van der Waals surface area contributed by atoms with Crippen LogP contribution >= 0.6 is 11.8 Å². The van der Waals surface area contributed by atoms with Crippen LogP contribution in [-0.2, 0) is 0 Å². The summed E-state index contributed by atoms with van der Waals surface area (Å²) in [5.74, 6) is 1.32. The van der Waals surface area contributed by atoms with Crippen molar-refractivity contribution in [1.82, 2.24) is 19.9 Å². The van der Waals surface area contributed by atoms with Gasteiger partial charge in [0.15, 0.2) is 11.6 Å². The second-order valence-corrected chi connectivity index (χ2v) is 13.4. The fourth-order valence-electron chi connectivity index (χ4n) is 6.49. The highest BCUT2D eigenvalue weighted by molar-refractivity contribution is 7.99. The Labute approximate surface area is 301 Å². The molecular formula is C46H30N4S. The minimum absolute atomic E-state index is 0.639. The molecule has 1 aliphatic heterocycles. The first-order valence-corrected chi connectivity index (χ1v) is 17.7. The van der Waals surface area contributed by atoms with Gasteiger partial charge in [-0.05, 0) is 57.6 Å². The van der Waals surface area contributed by atoms with Crippen molar-refractivity contribution in [2.75, 3.05) is 0 Å². The molecule has 51 heavy (non-hydrogen) atoms. The molecule has 8 aromatic rings. The summed E-state index contributed by atoms with van der Waals surface area (Å²) in [5, 5.41) is 0. The molecule has 240 valence electrons. The lowest BCUT2D eigenvalue weighted by Gasteiger charge is -2.15.